The zero-order valence-electron chi connectivity index (χ0n) is 13.9. The molecule has 0 amide bonds. The van der Waals surface area contributed by atoms with E-state index in [0.717, 1.165) is 6.54 Å². The third kappa shape index (κ3) is 4.06. The van der Waals surface area contributed by atoms with Crippen LogP contribution in [0.3, 0.4) is 0 Å². The minimum atomic E-state index is -0.353. The number of ether oxygens (including phenoxy) is 3. The fraction of sp³-hybridized carbons (Fsp3) is 0.316. The smallest absolute Gasteiger partial charge is 0.338 e. The van der Waals surface area contributed by atoms with Crippen LogP contribution in [0, 0.1) is 0 Å². The normalized spacial score (nSPS) is 13.8. The minimum Gasteiger partial charge on any atom is -0.458 e. The highest BCUT2D eigenvalue weighted by Crippen LogP contribution is 2.32. The van der Waals surface area contributed by atoms with Gasteiger partial charge in [0.25, 0.3) is 0 Å². The van der Waals surface area contributed by atoms with E-state index < -0.39 is 0 Å². The standard InChI is InChI=1S/C19H21NO4/c1-14(11-20(2)12-15-6-4-3-5-7-15)24-19(21)16-8-9-17-18(10-16)23-13-22-17/h3-10,14H,11-13H2,1-2H3. The van der Waals surface area contributed by atoms with Gasteiger partial charge in [-0.3, -0.25) is 4.90 Å². The summed E-state index contributed by atoms with van der Waals surface area (Å²) in [6.45, 7) is 3.55. The van der Waals surface area contributed by atoms with Crippen LogP contribution < -0.4 is 9.47 Å². The van der Waals surface area contributed by atoms with Crippen molar-refractivity contribution in [1.29, 1.82) is 0 Å². The molecule has 3 rings (SSSR count). The zero-order valence-corrected chi connectivity index (χ0v) is 13.9. The Bertz CT molecular complexity index is 702. The monoisotopic (exact) mass is 327 g/mol. The van der Waals surface area contributed by atoms with Crippen LogP contribution in [0.4, 0.5) is 0 Å². The third-order valence-corrected chi connectivity index (χ3v) is 3.78. The average molecular weight is 327 g/mol. The number of carbonyl (C=O) groups excluding carboxylic acids is 1. The van der Waals surface area contributed by atoms with Crippen molar-refractivity contribution in [1.82, 2.24) is 4.90 Å². The number of carbonyl (C=O) groups is 1. The van der Waals surface area contributed by atoms with Gasteiger partial charge in [0.1, 0.15) is 6.10 Å². The molecular formula is C19H21NO4. The van der Waals surface area contributed by atoms with Gasteiger partial charge in [-0.05, 0) is 37.7 Å². The van der Waals surface area contributed by atoms with Gasteiger partial charge in [0.05, 0.1) is 5.56 Å². The van der Waals surface area contributed by atoms with Gasteiger partial charge >= 0.3 is 5.97 Å². The van der Waals surface area contributed by atoms with Crippen molar-refractivity contribution < 1.29 is 19.0 Å². The lowest BCUT2D eigenvalue weighted by atomic mass is 10.2. The summed E-state index contributed by atoms with van der Waals surface area (Å²) in [6.07, 6.45) is -0.211. The quantitative estimate of drug-likeness (QED) is 0.763. The largest absolute Gasteiger partial charge is 0.458 e. The Balaban J connectivity index is 1.52. The Morgan fingerprint density at radius 2 is 1.92 bits per heavy atom. The van der Waals surface area contributed by atoms with Crippen LogP contribution in [-0.2, 0) is 11.3 Å². The first-order valence-corrected chi connectivity index (χ1v) is 7.95. The second kappa shape index (κ2) is 7.36. The summed E-state index contributed by atoms with van der Waals surface area (Å²) in [5, 5.41) is 0. The van der Waals surface area contributed by atoms with E-state index in [4.69, 9.17) is 14.2 Å². The first-order valence-electron chi connectivity index (χ1n) is 7.95. The summed E-state index contributed by atoms with van der Waals surface area (Å²) in [7, 11) is 2.01. The highest BCUT2D eigenvalue weighted by Gasteiger charge is 2.19. The van der Waals surface area contributed by atoms with Crippen molar-refractivity contribution in [2.45, 2.75) is 19.6 Å². The van der Waals surface area contributed by atoms with E-state index in [1.54, 1.807) is 18.2 Å². The number of esters is 1. The molecule has 0 bridgehead atoms. The number of rotatable bonds is 6. The van der Waals surface area contributed by atoms with E-state index in [9.17, 15) is 4.79 Å². The van der Waals surface area contributed by atoms with Crippen LogP contribution >= 0.6 is 0 Å². The first-order chi connectivity index (χ1) is 11.6. The second-order valence-electron chi connectivity index (χ2n) is 5.97. The Morgan fingerprint density at radius 3 is 2.71 bits per heavy atom. The predicted octanol–water partition coefficient (Wildman–Crippen LogP) is 3.09. The van der Waals surface area contributed by atoms with Crippen LogP contribution in [0.2, 0.25) is 0 Å². The lowest BCUT2D eigenvalue weighted by molar-refractivity contribution is 0.0267. The van der Waals surface area contributed by atoms with Crippen molar-refractivity contribution in [3.05, 3.63) is 59.7 Å². The van der Waals surface area contributed by atoms with Crippen LogP contribution in [0.5, 0.6) is 11.5 Å². The zero-order chi connectivity index (χ0) is 16.9. The lowest BCUT2D eigenvalue weighted by Gasteiger charge is -2.21. The lowest BCUT2D eigenvalue weighted by Crippen LogP contribution is -2.30. The number of benzene rings is 2. The van der Waals surface area contributed by atoms with Gasteiger partial charge in [-0.25, -0.2) is 4.79 Å². The summed E-state index contributed by atoms with van der Waals surface area (Å²) in [5.41, 5.74) is 1.70. The van der Waals surface area contributed by atoms with E-state index in [0.29, 0.717) is 23.6 Å². The Labute approximate surface area is 141 Å². The van der Waals surface area contributed by atoms with Gasteiger partial charge in [-0.15, -0.1) is 0 Å². The molecule has 0 spiro atoms. The summed E-state index contributed by atoms with van der Waals surface area (Å²) in [4.78, 5) is 14.4. The number of nitrogens with zero attached hydrogens (tertiary/aromatic N) is 1. The van der Waals surface area contributed by atoms with Gasteiger partial charge in [-0.1, -0.05) is 30.3 Å². The molecule has 5 nitrogen and oxygen atoms in total. The molecule has 0 N–H and O–H groups in total. The molecule has 2 aromatic rings. The molecule has 0 radical (unpaired) electrons. The van der Waals surface area contributed by atoms with E-state index in [-0.39, 0.29) is 18.9 Å². The summed E-state index contributed by atoms with van der Waals surface area (Å²) >= 11 is 0. The molecule has 1 heterocycles. The van der Waals surface area contributed by atoms with Crippen molar-refractivity contribution >= 4 is 5.97 Å². The summed E-state index contributed by atoms with van der Waals surface area (Å²) in [5.74, 6) is 0.884. The molecular weight excluding hydrogens is 306 g/mol. The molecule has 0 saturated heterocycles. The average Bonchev–Trinajstić information content (AvgIpc) is 3.02. The maximum Gasteiger partial charge on any atom is 0.338 e. The van der Waals surface area contributed by atoms with E-state index in [1.807, 2.05) is 32.2 Å². The van der Waals surface area contributed by atoms with Gasteiger partial charge in [0.2, 0.25) is 6.79 Å². The molecule has 1 aliphatic rings. The second-order valence-corrected chi connectivity index (χ2v) is 5.97. The minimum absolute atomic E-state index is 0.189. The molecule has 1 unspecified atom stereocenters. The molecule has 2 aromatic carbocycles. The van der Waals surface area contributed by atoms with Crippen LogP contribution in [0.15, 0.2) is 48.5 Å². The highest BCUT2D eigenvalue weighted by atomic mass is 16.7. The number of hydrogen-bond donors (Lipinski definition) is 0. The molecule has 0 fully saturated rings. The van der Waals surface area contributed by atoms with E-state index in [2.05, 4.69) is 17.0 Å². The Kier molecular flexibility index (Phi) is 5.01. The van der Waals surface area contributed by atoms with Crippen LogP contribution in [0.1, 0.15) is 22.8 Å². The molecule has 24 heavy (non-hydrogen) atoms. The molecule has 5 heteroatoms. The first kappa shape index (κ1) is 16.3. The SMILES string of the molecule is CC(CN(C)Cc1ccccc1)OC(=O)c1ccc2c(c1)OCO2. The van der Waals surface area contributed by atoms with Crippen molar-refractivity contribution in [3.8, 4) is 11.5 Å². The molecule has 1 atom stereocenters. The Hall–Kier alpha value is -2.53. The van der Waals surface area contributed by atoms with Gasteiger partial charge in [-0.2, -0.15) is 0 Å². The number of fused-ring (bicyclic) bond motifs is 1. The number of hydrogen-bond acceptors (Lipinski definition) is 5. The Morgan fingerprint density at radius 1 is 1.17 bits per heavy atom. The molecule has 126 valence electrons. The van der Waals surface area contributed by atoms with E-state index in [1.165, 1.54) is 5.56 Å². The van der Waals surface area contributed by atoms with Gasteiger partial charge < -0.3 is 14.2 Å². The predicted molar refractivity (Wildman–Crippen MR) is 90.2 cm³/mol. The number of likely N-dealkylation sites (N-methyl/N-ethyl adjacent to an activating group) is 1. The molecule has 0 aromatic heterocycles. The van der Waals surface area contributed by atoms with E-state index >= 15 is 0 Å². The fourth-order valence-electron chi connectivity index (χ4n) is 2.71. The van der Waals surface area contributed by atoms with Crippen molar-refractivity contribution in [2.24, 2.45) is 0 Å². The maximum absolute atomic E-state index is 12.3. The molecule has 0 aliphatic carbocycles. The molecule has 0 saturated carbocycles. The highest BCUT2D eigenvalue weighted by molar-refractivity contribution is 5.90. The van der Waals surface area contributed by atoms with Crippen molar-refractivity contribution in [2.75, 3.05) is 20.4 Å². The topological polar surface area (TPSA) is 48.0 Å². The summed E-state index contributed by atoms with van der Waals surface area (Å²) < 4.78 is 16.1. The fourth-order valence-corrected chi connectivity index (χ4v) is 2.71. The summed E-state index contributed by atoms with van der Waals surface area (Å²) in [6, 6.07) is 15.3. The van der Waals surface area contributed by atoms with Crippen LogP contribution in [0.25, 0.3) is 0 Å². The third-order valence-electron chi connectivity index (χ3n) is 3.78. The van der Waals surface area contributed by atoms with Gasteiger partial charge in [0, 0.05) is 13.1 Å². The maximum atomic E-state index is 12.3. The van der Waals surface area contributed by atoms with Gasteiger partial charge in [0.15, 0.2) is 11.5 Å². The van der Waals surface area contributed by atoms with Crippen LogP contribution in [-0.4, -0.2) is 37.4 Å². The van der Waals surface area contributed by atoms with Crippen molar-refractivity contribution in [3.63, 3.8) is 0 Å². The molecule has 1 aliphatic heterocycles.